The monoisotopic (exact) mass is 297 g/mol. The van der Waals surface area contributed by atoms with Crippen LogP contribution >= 0.6 is 0 Å². The molecular weight excluding hydrogens is 274 g/mol. The van der Waals surface area contributed by atoms with E-state index in [1.165, 1.54) is 0 Å². The Labute approximate surface area is 125 Å². The summed E-state index contributed by atoms with van der Waals surface area (Å²) in [7, 11) is 1.58. The van der Waals surface area contributed by atoms with Gasteiger partial charge in [0, 0.05) is 13.2 Å². The Morgan fingerprint density at radius 2 is 1.90 bits per heavy atom. The molecule has 0 spiro atoms. The summed E-state index contributed by atoms with van der Waals surface area (Å²) in [5, 5.41) is 2.76. The molecule has 6 nitrogen and oxygen atoms in total. The van der Waals surface area contributed by atoms with Crippen LogP contribution < -0.4 is 14.8 Å². The van der Waals surface area contributed by atoms with Gasteiger partial charge in [-0.15, -0.1) is 0 Å². The lowest BCUT2D eigenvalue weighted by Crippen LogP contribution is -2.20. The van der Waals surface area contributed by atoms with E-state index in [2.05, 4.69) is 5.32 Å². The molecule has 1 aromatic carbocycles. The summed E-state index contributed by atoms with van der Waals surface area (Å²) in [5.41, 5.74) is 0.572. The van der Waals surface area contributed by atoms with Gasteiger partial charge in [0.25, 0.3) is 0 Å². The molecule has 118 valence electrons. The lowest BCUT2D eigenvalue weighted by molar-refractivity contribution is -0.121. The third kappa shape index (κ3) is 6.46. The average molecular weight is 297 g/mol. The maximum Gasteiger partial charge on any atom is 0.250 e. The lowest BCUT2D eigenvalue weighted by atomic mass is 10.2. The maximum atomic E-state index is 11.8. The molecular formula is C15H23NO5. The highest BCUT2D eigenvalue weighted by molar-refractivity contribution is 5.93. The summed E-state index contributed by atoms with van der Waals surface area (Å²) in [6.45, 7) is 5.66. The Hall–Kier alpha value is -1.79. The maximum absolute atomic E-state index is 11.8. The van der Waals surface area contributed by atoms with E-state index in [4.69, 9.17) is 18.9 Å². The van der Waals surface area contributed by atoms with E-state index in [1.54, 1.807) is 25.3 Å². The highest BCUT2D eigenvalue weighted by atomic mass is 16.5. The van der Waals surface area contributed by atoms with Crippen LogP contribution in [0.25, 0.3) is 0 Å². The van der Waals surface area contributed by atoms with Crippen LogP contribution in [0.5, 0.6) is 11.5 Å². The van der Waals surface area contributed by atoms with Gasteiger partial charge < -0.3 is 24.3 Å². The van der Waals surface area contributed by atoms with Crippen LogP contribution in [0, 0.1) is 0 Å². The predicted octanol–water partition coefficient (Wildman–Crippen LogP) is 2.09. The number of amides is 1. The minimum absolute atomic E-state index is 0.0339. The molecule has 0 unspecified atom stereocenters. The SMILES string of the molecule is CCOc1ccc(OCC)c(NC(=O)COCCOC)c1. The zero-order chi connectivity index (χ0) is 15.5. The first-order chi connectivity index (χ1) is 10.2. The molecule has 1 aromatic rings. The molecule has 1 rings (SSSR count). The molecule has 0 heterocycles. The number of benzene rings is 1. The van der Waals surface area contributed by atoms with E-state index in [1.807, 2.05) is 13.8 Å². The van der Waals surface area contributed by atoms with E-state index in [0.717, 1.165) is 0 Å². The summed E-state index contributed by atoms with van der Waals surface area (Å²) in [6, 6.07) is 5.32. The Morgan fingerprint density at radius 1 is 1.14 bits per heavy atom. The van der Waals surface area contributed by atoms with E-state index in [0.29, 0.717) is 43.6 Å². The first-order valence-corrected chi connectivity index (χ1v) is 6.97. The number of nitrogens with one attached hydrogen (secondary N) is 1. The molecule has 0 bridgehead atoms. The molecule has 0 saturated carbocycles. The van der Waals surface area contributed by atoms with Gasteiger partial charge in [0.2, 0.25) is 5.91 Å². The summed E-state index contributed by atoms with van der Waals surface area (Å²) in [4.78, 5) is 11.8. The fraction of sp³-hybridized carbons (Fsp3) is 0.533. The molecule has 0 radical (unpaired) electrons. The second kappa shape index (κ2) is 10.0. The third-order valence-corrected chi connectivity index (χ3v) is 2.50. The molecule has 0 aromatic heterocycles. The van der Waals surface area contributed by atoms with Crippen LogP contribution in [0.2, 0.25) is 0 Å². The second-order valence-corrected chi connectivity index (χ2v) is 4.12. The molecule has 6 heteroatoms. The summed E-state index contributed by atoms with van der Waals surface area (Å²) in [6.07, 6.45) is 0. The van der Waals surface area contributed by atoms with Crippen molar-refractivity contribution in [3.8, 4) is 11.5 Å². The molecule has 21 heavy (non-hydrogen) atoms. The quantitative estimate of drug-likeness (QED) is 0.670. The number of hydrogen-bond acceptors (Lipinski definition) is 5. The average Bonchev–Trinajstić information content (AvgIpc) is 2.47. The van der Waals surface area contributed by atoms with E-state index in [-0.39, 0.29) is 12.5 Å². The van der Waals surface area contributed by atoms with Gasteiger partial charge in [-0.05, 0) is 26.0 Å². The van der Waals surface area contributed by atoms with Gasteiger partial charge in [-0.2, -0.15) is 0 Å². The van der Waals surface area contributed by atoms with Gasteiger partial charge in [-0.1, -0.05) is 0 Å². The number of ether oxygens (including phenoxy) is 4. The molecule has 0 aliphatic heterocycles. The zero-order valence-corrected chi connectivity index (χ0v) is 12.8. The third-order valence-electron chi connectivity index (χ3n) is 2.50. The minimum Gasteiger partial charge on any atom is -0.494 e. The smallest absolute Gasteiger partial charge is 0.250 e. The van der Waals surface area contributed by atoms with Crippen molar-refractivity contribution < 1.29 is 23.7 Å². The Kier molecular flexibility index (Phi) is 8.23. The summed E-state index contributed by atoms with van der Waals surface area (Å²) < 4.78 is 20.9. The van der Waals surface area contributed by atoms with Crippen LogP contribution in [0.15, 0.2) is 18.2 Å². The van der Waals surface area contributed by atoms with Crippen molar-refractivity contribution in [2.75, 3.05) is 45.5 Å². The first kappa shape index (κ1) is 17.3. The van der Waals surface area contributed by atoms with Gasteiger partial charge in [0.15, 0.2) is 0 Å². The minimum atomic E-state index is -0.249. The standard InChI is InChI=1S/C15H23NO5/c1-4-20-12-6-7-14(21-5-2)13(10-12)16-15(17)11-19-9-8-18-3/h6-7,10H,4-5,8-9,11H2,1-3H3,(H,16,17). The van der Waals surface area contributed by atoms with E-state index in [9.17, 15) is 4.79 Å². The van der Waals surface area contributed by atoms with Crippen molar-refractivity contribution in [2.24, 2.45) is 0 Å². The lowest BCUT2D eigenvalue weighted by Gasteiger charge is -2.13. The van der Waals surface area contributed by atoms with Gasteiger partial charge in [0.05, 0.1) is 32.1 Å². The van der Waals surface area contributed by atoms with Gasteiger partial charge >= 0.3 is 0 Å². The van der Waals surface area contributed by atoms with Crippen LogP contribution in [-0.2, 0) is 14.3 Å². The number of carbonyl (C=O) groups is 1. The largest absolute Gasteiger partial charge is 0.494 e. The van der Waals surface area contributed by atoms with Crippen LogP contribution in [-0.4, -0.2) is 46.1 Å². The molecule has 0 fully saturated rings. The van der Waals surface area contributed by atoms with E-state index < -0.39 is 0 Å². The van der Waals surface area contributed by atoms with Crippen molar-refractivity contribution in [1.82, 2.24) is 0 Å². The topological polar surface area (TPSA) is 66.0 Å². The van der Waals surface area contributed by atoms with E-state index >= 15 is 0 Å². The van der Waals surface area contributed by atoms with Gasteiger partial charge in [-0.3, -0.25) is 4.79 Å². The normalized spacial score (nSPS) is 10.2. The molecule has 1 N–H and O–H groups in total. The molecule has 1 amide bonds. The molecule has 0 atom stereocenters. The molecule has 0 saturated heterocycles. The number of anilines is 1. The fourth-order valence-electron chi connectivity index (χ4n) is 1.64. The summed E-state index contributed by atoms with van der Waals surface area (Å²) in [5.74, 6) is 1.03. The molecule has 0 aliphatic rings. The number of methoxy groups -OCH3 is 1. The number of rotatable bonds is 10. The fourth-order valence-corrected chi connectivity index (χ4v) is 1.64. The van der Waals surface area contributed by atoms with Crippen molar-refractivity contribution in [1.29, 1.82) is 0 Å². The van der Waals surface area contributed by atoms with Gasteiger partial charge in [-0.25, -0.2) is 0 Å². The Bertz CT molecular complexity index is 436. The first-order valence-electron chi connectivity index (χ1n) is 6.97. The highest BCUT2D eigenvalue weighted by Crippen LogP contribution is 2.29. The second-order valence-electron chi connectivity index (χ2n) is 4.12. The van der Waals surface area contributed by atoms with Crippen LogP contribution in [0.1, 0.15) is 13.8 Å². The number of hydrogen-bond donors (Lipinski definition) is 1. The Morgan fingerprint density at radius 3 is 2.57 bits per heavy atom. The predicted molar refractivity (Wildman–Crippen MR) is 80.1 cm³/mol. The Balaban J connectivity index is 2.64. The van der Waals surface area contributed by atoms with Crippen molar-refractivity contribution in [3.05, 3.63) is 18.2 Å². The highest BCUT2D eigenvalue weighted by Gasteiger charge is 2.10. The van der Waals surface area contributed by atoms with Gasteiger partial charge in [0.1, 0.15) is 18.1 Å². The number of carbonyl (C=O) groups excluding carboxylic acids is 1. The van der Waals surface area contributed by atoms with Crippen LogP contribution in [0.3, 0.4) is 0 Å². The van der Waals surface area contributed by atoms with Crippen molar-refractivity contribution >= 4 is 11.6 Å². The zero-order valence-electron chi connectivity index (χ0n) is 12.8. The van der Waals surface area contributed by atoms with Crippen LogP contribution in [0.4, 0.5) is 5.69 Å². The van der Waals surface area contributed by atoms with Crippen molar-refractivity contribution in [3.63, 3.8) is 0 Å². The molecule has 0 aliphatic carbocycles. The summed E-state index contributed by atoms with van der Waals surface area (Å²) >= 11 is 0. The van der Waals surface area contributed by atoms with Crippen molar-refractivity contribution in [2.45, 2.75) is 13.8 Å².